The standard InChI is InChI=1S/C9H20N2S/c1-8-7-9(10)3-4-11(8)5-6-12-2/h8-9H,3-7,10H2,1-2H3. The molecule has 0 aromatic rings. The fraction of sp³-hybridized carbons (Fsp3) is 1.00. The number of rotatable bonds is 3. The number of nitrogens with zero attached hydrogens (tertiary/aromatic N) is 1. The van der Waals surface area contributed by atoms with E-state index in [9.17, 15) is 0 Å². The second kappa shape index (κ2) is 5.10. The zero-order chi connectivity index (χ0) is 8.97. The van der Waals surface area contributed by atoms with Crippen molar-refractivity contribution in [3.05, 3.63) is 0 Å². The first-order chi connectivity index (χ1) is 5.74. The molecule has 2 N–H and O–H groups in total. The largest absolute Gasteiger partial charge is 0.328 e. The van der Waals surface area contributed by atoms with Crippen molar-refractivity contribution in [2.45, 2.75) is 31.8 Å². The summed E-state index contributed by atoms with van der Waals surface area (Å²) in [6, 6.07) is 1.14. The van der Waals surface area contributed by atoms with Crippen molar-refractivity contribution in [1.82, 2.24) is 4.90 Å². The summed E-state index contributed by atoms with van der Waals surface area (Å²) in [4.78, 5) is 2.56. The fourth-order valence-corrected chi connectivity index (χ4v) is 2.21. The zero-order valence-corrected chi connectivity index (χ0v) is 8.94. The SMILES string of the molecule is CSCCN1CCC(N)CC1C. The molecule has 0 spiro atoms. The van der Waals surface area contributed by atoms with Gasteiger partial charge in [0.15, 0.2) is 0 Å². The summed E-state index contributed by atoms with van der Waals surface area (Å²) < 4.78 is 0. The molecule has 0 aromatic heterocycles. The van der Waals surface area contributed by atoms with Gasteiger partial charge in [-0.3, -0.25) is 4.90 Å². The highest BCUT2D eigenvalue weighted by Gasteiger charge is 2.21. The lowest BCUT2D eigenvalue weighted by Crippen LogP contribution is -2.46. The minimum atomic E-state index is 0.450. The number of likely N-dealkylation sites (tertiary alicyclic amines) is 1. The third-order valence-corrected chi connectivity index (χ3v) is 3.23. The molecule has 1 heterocycles. The Morgan fingerprint density at radius 1 is 1.58 bits per heavy atom. The predicted molar refractivity (Wildman–Crippen MR) is 56.6 cm³/mol. The monoisotopic (exact) mass is 188 g/mol. The molecule has 1 saturated heterocycles. The molecule has 2 unspecified atom stereocenters. The molecular weight excluding hydrogens is 168 g/mol. The third-order valence-electron chi connectivity index (χ3n) is 2.64. The Kier molecular flexibility index (Phi) is 4.40. The highest BCUT2D eigenvalue weighted by Crippen LogP contribution is 2.15. The van der Waals surface area contributed by atoms with Crippen molar-refractivity contribution in [3.63, 3.8) is 0 Å². The van der Waals surface area contributed by atoms with Crippen molar-refractivity contribution < 1.29 is 0 Å². The molecule has 72 valence electrons. The van der Waals surface area contributed by atoms with Crippen molar-refractivity contribution >= 4 is 11.8 Å². The van der Waals surface area contributed by atoms with Gasteiger partial charge in [-0.25, -0.2) is 0 Å². The number of hydrogen-bond acceptors (Lipinski definition) is 3. The molecule has 0 radical (unpaired) electrons. The van der Waals surface area contributed by atoms with E-state index in [-0.39, 0.29) is 0 Å². The van der Waals surface area contributed by atoms with E-state index in [1.807, 2.05) is 11.8 Å². The van der Waals surface area contributed by atoms with Crippen LogP contribution < -0.4 is 5.73 Å². The normalized spacial score (nSPS) is 32.2. The molecule has 1 aliphatic heterocycles. The molecule has 3 heteroatoms. The second-order valence-corrected chi connectivity index (χ2v) is 4.65. The van der Waals surface area contributed by atoms with Gasteiger partial charge in [0.2, 0.25) is 0 Å². The molecular formula is C9H20N2S. The zero-order valence-electron chi connectivity index (χ0n) is 8.12. The smallest absolute Gasteiger partial charge is 0.00820 e. The van der Waals surface area contributed by atoms with Gasteiger partial charge >= 0.3 is 0 Å². The molecule has 0 aliphatic carbocycles. The molecule has 0 aromatic carbocycles. The predicted octanol–water partition coefficient (Wildman–Crippen LogP) is 1.16. The molecule has 1 aliphatic rings. The lowest BCUT2D eigenvalue weighted by atomic mass is 9.99. The van der Waals surface area contributed by atoms with Crippen LogP contribution in [-0.2, 0) is 0 Å². The van der Waals surface area contributed by atoms with Crippen molar-refractivity contribution in [1.29, 1.82) is 0 Å². The van der Waals surface area contributed by atoms with Crippen LogP contribution >= 0.6 is 11.8 Å². The van der Waals surface area contributed by atoms with E-state index in [0.717, 1.165) is 0 Å². The first kappa shape index (κ1) is 10.4. The molecule has 0 bridgehead atoms. The Bertz CT molecular complexity index is 128. The molecule has 0 amide bonds. The molecule has 0 saturated carbocycles. The van der Waals surface area contributed by atoms with Gasteiger partial charge in [0.05, 0.1) is 0 Å². The van der Waals surface area contributed by atoms with Gasteiger partial charge in [-0.15, -0.1) is 0 Å². The summed E-state index contributed by atoms with van der Waals surface area (Å²) in [7, 11) is 0. The minimum Gasteiger partial charge on any atom is -0.328 e. The summed E-state index contributed by atoms with van der Waals surface area (Å²) in [6.07, 6.45) is 4.52. The highest BCUT2D eigenvalue weighted by molar-refractivity contribution is 7.98. The number of nitrogens with two attached hydrogens (primary N) is 1. The maximum absolute atomic E-state index is 5.88. The quantitative estimate of drug-likeness (QED) is 0.721. The number of piperidine rings is 1. The average molecular weight is 188 g/mol. The lowest BCUT2D eigenvalue weighted by Gasteiger charge is -2.36. The number of thioether (sulfide) groups is 1. The maximum atomic E-state index is 5.88. The van der Waals surface area contributed by atoms with E-state index >= 15 is 0 Å². The molecule has 1 fully saturated rings. The third kappa shape index (κ3) is 2.96. The second-order valence-electron chi connectivity index (χ2n) is 3.66. The van der Waals surface area contributed by atoms with Gasteiger partial charge in [-0.05, 0) is 32.6 Å². The molecule has 2 nitrogen and oxygen atoms in total. The van der Waals surface area contributed by atoms with E-state index < -0.39 is 0 Å². The highest BCUT2D eigenvalue weighted by atomic mass is 32.2. The van der Waals surface area contributed by atoms with Crippen LogP contribution in [0, 0.1) is 0 Å². The summed E-state index contributed by atoms with van der Waals surface area (Å²) in [5.74, 6) is 1.25. The van der Waals surface area contributed by atoms with Crippen LogP contribution in [0.25, 0.3) is 0 Å². The van der Waals surface area contributed by atoms with Crippen LogP contribution in [0.15, 0.2) is 0 Å². The Morgan fingerprint density at radius 3 is 2.92 bits per heavy atom. The van der Waals surface area contributed by atoms with Crippen LogP contribution in [0.4, 0.5) is 0 Å². The lowest BCUT2D eigenvalue weighted by molar-refractivity contribution is 0.157. The van der Waals surface area contributed by atoms with Gasteiger partial charge in [-0.2, -0.15) is 11.8 Å². The van der Waals surface area contributed by atoms with E-state index in [1.165, 1.54) is 31.7 Å². The summed E-state index contributed by atoms with van der Waals surface area (Å²) in [5.41, 5.74) is 5.88. The van der Waals surface area contributed by atoms with Gasteiger partial charge < -0.3 is 5.73 Å². The van der Waals surface area contributed by atoms with Crippen LogP contribution in [0.5, 0.6) is 0 Å². The maximum Gasteiger partial charge on any atom is 0.00820 e. The van der Waals surface area contributed by atoms with E-state index in [1.54, 1.807) is 0 Å². The van der Waals surface area contributed by atoms with Crippen LogP contribution in [0.2, 0.25) is 0 Å². The van der Waals surface area contributed by atoms with Crippen molar-refractivity contribution in [2.75, 3.05) is 25.1 Å². The van der Waals surface area contributed by atoms with Crippen LogP contribution in [-0.4, -0.2) is 42.1 Å². The number of hydrogen-bond donors (Lipinski definition) is 1. The Morgan fingerprint density at radius 2 is 2.33 bits per heavy atom. The van der Waals surface area contributed by atoms with Gasteiger partial charge in [0.1, 0.15) is 0 Å². The van der Waals surface area contributed by atoms with Gasteiger partial charge in [0.25, 0.3) is 0 Å². The molecule has 1 rings (SSSR count). The summed E-state index contributed by atoms with van der Waals surface area (Å²) in [6.45, 7) is 4.72. The Labute approximate surface area is 79.9 Å². The van der Waals surface area contributed by atoms with Gasteiger partial charge in [0, 0.05) is 24.4 Å². The minimum absolute atomic E-state index is 0.450. The van der Waals surface area contributed by atoms with E-state index in [2.05, 4.69) is 18.1 Å². The van der Waals surface area contributed by atoms with Gasteiger partial charge in [-0.1, -0.05) is 0 Å². The molecule has 12 heavy (non-hydrogen) atoms. The van der Waals surface area contributed by atoms with Crippen LogP contribution in [0.1, 0.15) is 19.8 Å². The first-order valence-electron chi connectivity index (χ1n) is 4.72. The first-order valence-corrected chi connectivity index (χ1v) is 6.12. The Hall–Kier alpha value is 0.270. The molecule has 2 atom stereocenters. The van der Waals surface area contributed by atoms with E-state index in [4.69, 9.17) is 5.73 Å². The van der Waals surface area contributed by atoms with E-state index in [0.29, 0.717) is 12.1 Å². The summed E-state index contributed by atoms with van der Waals surface area (Å²) in [5, 5.41) is 0. The van der Waals surface area contributed by atoms with Crippen LogP contribution in [0.3, 0.4) is 0 Å². The Balaban J connectivity index is 2.25. The summed E-state index contributed by atoms with van der Waals surface area (Å²) >= 11 is 1.93. The average Bonchev–Trinajstić information content (AvgIpc) is 2.03. The van der Waals surface area contributed by atoms with Crippen molar-refractivity contribution in [2.24, 2.45) is 5.73 Å². The topological polar surface area (TPSA) is 29.3 Å². The fourth-order valence-electron chi connectivity index (χ4n) is 1.80. The van der Waals surface area contributed by atoms with Crippen molar-refractivity contribution in [3.8, 4) is 0 Å².